The summed E-state index contributed by atoms with van der Waals surface area (Å²) >= 11 is 3.35. The van der Waals surface area contributed by atoms with Gasteiger partial charge in [0.2, 0.25) is 5.91 Å². The summed E-state index contributed by atoms with van der Waals surface area (Å²) in [6.07, 6.45) is 1.97. The summed E-state index contributed by atoms with van der Waals surface area (Å²) in [5.74, 6) is 0.179. The van der Waals surface area contributed by atoms with Crippen LogP contribution in [-0.2, 0) is 4.79 Å². The number of benzene rings is 1. The molecule has 1 atom stereocenters. The minimum atomic E-state index is 0.0821. The third kappa shape index (κ3) is 4.04. The monoisotopic (exact) mass is 269 g/mol. The van der Waals surface area contributed by atoms with Crippen LogP contribution >= 0.6 is 15.9 Å². The topological polar surface area (TPSA) is 29.1 Å². The average Bonchev–Trinajstić information content (AvgIpc) is 2.22. The zero-order valence-electron chi connectivity index (χ0n) is 9.09. The Morgan fingerprint density at radius 2 is 2.00 bits per heavy atom. The van der Waals surface area contributed by atoms with Crippen LogP contribution in [0.15, 0.2) is 28.7 Å². The smallest absolute Gasteiger partial charge is 0.227 e. The van der Waals surface area contributed by atoms with E-state index in [0.717, 1.165) is 23.0 Å². The van der Waals surface area contributed by atoms with E-state index in [9.17, 15) is 4.79 Å². The lowest BCUT2D eigenvalue weighted by atomic mass is 10.1. The minimum absolute atomic E-state index is 0.0821. The van der Waals surface area contributed by atoms with Gasteiger partial charge in [0, 0.05) is 16.1 Å². The maximum atomic E-state index is 11.7. The van der Waals surface area contributed by atoms with Crippen molar-refractivity contribution in [3.05, 3.63) is 28.7 Å². The summed E-state index contributed by atoms with van der Waals surface area (Å²) in [5, 5.41) is 2.89. The summed E-state index contributed by atoms with van der Waals surface area (Å²) in [6, 6.07) is 7.61. The molecule has 1 unspecified atom stereocenters. The molecule has 0 aliphatic rings. The minimum Gasteiger partial charge on any atom is -0.326 e. The van der Waals surface area contributed by atoms with Crippen LogP contribution in [0.5, 0.6) is 0 Å². The van der Waals surface area contributed by atoms with E-state index in [-0.39, 0.29) is 11.8 Å². The zero-order chi connectivity index (χ0) is 11.3. The van der Waals surface area contributed by atoms with Gasteiger partial charge in [-0.1, -0.05) is 36.2 Å². The fourth-order valence-corrected chi connectivity index (χ4v) is 1.63. The van der Waals surface area contributed by atoms with Crippen LogP contribution < -0.4 is 5.32 Å². The number of rotatable bonds is 4. The van der Waals surface area contributed by atoms with Gasteiger partial charge in [0.05, 0.1) is 0 Å². The molecule has 0 bridgehead atoms. The maximum absolute atomic E-state index is 11.7. The maximum Gasteiger partial charge on any atom is 0.227 e. The first-order valence-electron chi connectivity index (χ1n) is 5.20. The number of anilines is 1. The first kappa shape index (κ1) is 12.2. The molecule has 3 heteroatoms. The lowest BCUT2D eigenvalue weighted by Crippen LogP contribution is -2.20. The van der Waals surface area contributed by atoms with Crippen LogP contribution in [0.1, 0.15) is 26.7 Å². The van der Waals surface area contributed by atoms with Crippen molar-refractivity contribution in [3.8, 4) is 0 Å². The summed E-state index contributed by atoms with van der Waals surface area (Å²) in [6.45, 7) is 4.04. The van der Waals surface area contributed by atoms with Crippen molar-refractivity contribution in [1.29, 1.82) is 0 Å². The molecule has 0 saturated heterocycles. The van der Waals surface area contributed by atoms with Gasteiger partial charge in [-0.25, -0.2) is 0 Å². The number of amides is 1. The molecule has 1 rings (SSSR count). The van der Waals surface area contributed by atoms with Crippen LogP contribution in [0.4, 0.5) is 5.69 Å². The van der Waals surface area contributed by atoms with Gasteiger partial charge >= 0.3 is 0 Å². The summed E-state index contributed by atoms with van der Waals surface area (Å²) in [4.78, 5) is 11.7. The summed E-state index contributed by atoms with van der Waals surface area (Å²) < 4.78 is 1.02. The predicted molar refractivity (Wildman–Crippen MR) is 66.8 cm³/mol. The number of carbonyl (C=O) groups excluding carboxylic acids is 1. The fourth-order valence-electron chi connectivity index (χ4n) is 1.36. The quantitative estimate of drug-likeness (QED) is 0.885. The molecule has 1 amide bonds. The van der Waals surface area contributed by atoms with E-state index in [1.165, 1.54) is 0 Å². The second-order valence-electron chi connectivity index (χ2n) is 3.69. The normalized spacial score (nSPS) is 12.2. The Labute approximate surface area is 99.2 Å². The second-order valence-corrected chi connectivity index (χ2v) is 4.60. The molecule has 2 nitrogen and oxygen atoms in total. The molecule has 0 radical (unpaired) electrons. The summed E-state index contributed by atoms with van der Waals surface area (Å²) in [5.41, 5.74) is 0.853. The van der Waals surface area contributed by atoms with Gasteiger partial charge in [-0.2, -0.15) is 0 Å². The van der Waals surface area contributed by atoms with E-state index in [0.29, 0.717) is 0 Å². The average molecular weight is 270 g/mol. The van der Waals surface area contributed by atoms with Gasteiger partial charge < -0.3 is 5.32 Å². The molecule has 1 aromatic carbocycles. The van der Waals surface area contributed by atoms with Crippen molar-refractivity contribution in [1.82, 2.24) is 0 Å². The Bertz CT molecular complexity index is 321. The number of carbonyl (C=O) groups is 1. The third-order valence-corrected chi connectivity index (χ3v) is 2.81. The molecule has 0 heterocycles. The molecule has 0 aliphatic heterocycles. The molecule has 1 N–H and O–H groups in total. The molecule has 0 fully saturated rings. The zero-order valence-corrected chi connectivity index (χ0v) is 10.7. The number of halogens is 1. The third-order valence-electron chi connectivity index (χ3n) is 2.28. The second kappa shape index (κ2) is 5.91. The highest BCUT2D eigenvalue weighted by Gasteiger charge is 2.11. The van der Waals surface area contributed by atoms with Crippen LogP contribution in [0.3, 0.4) is 0 Å². The lowest BCUT2D eigenvalue weighted by molar-refractivity contribution is -0.119. The molecule has 82 valence electrons. The van der Waals surface area contributed by atoms with Crippen LogP contribution in [0.25, 0.3) is 0 Å². The molecule has 0 aliphatic carbocycles. The predicted octanol–water partition coefficient (Wildman–Crippen LogP) is 3.82. The molecule has 0 aromatic heterocycles. The Balaban J connectivity index is 2.54. The van der Waals surface area contributed by atoms with Crippen molar-refractivity contribution in [2.75, 3.05) is 5.32 Å². The van der Waals surface area contributed by atoms with E-state index in [1.807, 2.05) is 31.2 Å². The molecular formula is C12H16BrNO. The molecule has 0 spiro atoms. The first-order valence-corrected chi connectivity index (χ1v) is 5.99. The van der Waals surface area contributed by atoms with Gasteiger partial charge in [0.1, 0.15) is 0 Å². The van der Waals surface area contributed by atoms with Gasteiger partial charge in [-0.05, 0) is 30.7 Å². The summed E-state index contributed by atoms with van der Waals surface area (Å²) in [7, 11) is 0. The number of nitrogens with one attached hydrogen (secondary N) is 1. The fraction of sp³-hybridized carbons (Fsp3) is 0.417. The van der Waals surface area contributed by atoms with Crippen LogP contribution in [-0.4, -0.2) is 5.91 Å². The van der Waals surface area contributed by atoms with Gasteiger partial charge in [0.15, 0.2) is 0 Å². The van der Waals surface area contributed by atoms with E-state index in [2.05, 4.69) is 28.2 Å². The Morgan fingerprint density at radius 3 is 2.53 bits per heavy atom. The highest BCUT2D eigenvalue weighted by molar-refractivity contribution is 9.10. The van der Waals surface area contributed by atoms with Crippen molar-refractivity contribution >= 4 is 27.5 Å². The van der Waals surface area contributed by atoms with Crippen LogP contribution in [0.2, 0.25) is 0 Å². The molecular weight excluding hydrogens is 254 g/mol. The van der Waals surface area contributed by atoms with Crippen molar-refractivity contribution in [2.45, 2.75) is 26.7 Å². The highest BCUT2D eigenvalue weighted by Crippen LogP contribution is 2.15. The number of hydrogen-bond donors (Lipinski definition) is 1. The van der Waals surface area contributed by atoms with E-state index < -0.39 is 0 Å². The Hall–Kier alpha value is -0.830. The Kier molecular flexibility index (Phi) is 4.82. The first-order chi connectivity index (χ1) is 7.13. The number of hydrogen-bond acceptors (Lipinski definition) is 1. The van der Waals surface area contributed by atoms with Crippen molar-refractivity contribution in [3.63, 3.8) is 0 Å². The van der Waals surface area contributed by atoms with E-state index >= 15 is 0 Å². The SMILES string of the molecule is CCCC(C)C(=O)Nc1ccc(Br)cc1. The van der Waals surface area contributed by atoms with Crippen molar-refractivity contribution < 1.29 is 4.79 Å². The lowest BCUT2D eigenvalue weighted by Gasteiger charge is -2.10. The standard InChI is InChI=1S/C12H16BrNO/c1-3-4-9(2)12(15)14-11-7-5-10(13)6-8-11/h5-9H,3-4H2,1-2H3,(H,14,15). The van der Waals surface area contributed by atoms with Gasteiger partial charge in [0.25, 0.3) is 0 Å². The largest absolute Gasteiger partial charge is 0.326 e. The van der Waals surface area contributed by atoms with E-state index in [1.54, 1.807) is 0 Å². The van der Waals surface area contributed by atoms with Crippen LogP contribution in [0, 0.1) is 5.92 Å². The molecule has 15 heavy (non-hydrogen) atoms. The molecule has 0 saturated carbocycles. The van der Waals surface area contributed by atoms with Crippen molar-refractivity contribution in [2.24, 2.45) is 5.92 Å². The Morgan fingerprint density at radius 1 is 1.40 bits per heavy atom. The van der Waals surface area contributed by atoms with E-state index in [4.69, 9.17) is 0 Å². The van der Waals surface area contributed by atoms with Gasteiger partial charge in [-0.15, -0.1) is 0 Å². The van der Waals surface area contributed by atoms with Gasteiger partial charge in [-0.3, -0.25) is 4.79 Å². The molecule has 1 aromatic rings. The highest BCUT2D eigenvalue weighted by atomic mass is 79.9.